The first-order valence-electron chi connectivity index (χ1n) is 4.28. The molecule has 2 rings (SSSR count). The molecule has 1 aromatic heterocycles. The zero-order chi connectivity index (χ0) is 9.97. The van der Waals surface area contributed by atoms with Crippen LogP contribution in [0.4, 0.5) is 0 Å². The standard InChI is InChI=1S/C11H10O2S/c12-9-5-2-1-4-8(9)11(13)10-6-3-7-14-10/h1-7,11-13H. The molecule has 2 nitrogen and oxygen atoms in total. The van der Waals surface area contributed by atoms with Crippen molar-refractivity contribution in [3.63, 3.8) is 0 Å². The second-order valence-corrected chi connectivity index (χ2v) is 3.96. The van der Waals surface area contributed by atoms with E-state index in [9.17, 15) is 10.2 Å². The fourth-order valence-corrected chi connectivity index (χ4v) is 2.05. The normalized spacial score (nSPS) is 12.6. The molecule has 1 heterocycles. The van der Waals surface area contributed by atoms with Crippen LogP contribution in [0.25, 0.3) is 0 Å². The van der Waals surface area contributed by atoms with Crippen LogP contribution in [0.2, 0.25) is 0 Å². The van der Waals surface area contributed by atoms with Crippen molar-refractivity contribution in [1.82, 2.24) is 0 Å². The molecule has 3 heteroatoms. The second-order valence-electron chi connectivity index (χ2n) is 2.98. The number of aromatic hydroxyl groups is 1. The summed E-state index contributed by atoms with van der Waals surface area (Å²) in [5, 5.41) is 21.3. The molecule has 0 bridgehead atoms. The maximum absolute atomic E-state index is 9.91. The third-order valence-electron chi connectivity index (χ3n) is 2.04. The molecule has 0 amide bonds. The van der Waals surface area contributed by atoms with E-state index in [1.54, 1.807) is 24.3 Å². The van der Waals surface area contributed by atoms with Gasteiger partial charge in [0.15, 0.2) is 0 Å². The monoisotopic (exact) mass is 206 g/mol. The zero-order valence-electron chi connectivity index (χ0n) is 7.42. The first-order valence-corrected chi connectivity index (χ1v) is 5.16. The summed E-state index contributed by atoms with van der Waals surface area (Å²) in [6, 6.07) is 10.6. The molecule has 0 saturated heterocycles. The Morgan fingerprint density at radius 3 is 2.50 bits per heavy atom. The lowest BCUT2D eigenvalue weighted by atomic mass is 10.1. The van der Waals surface area contributed by atoms with Gasteiger partial charge in [0, 0.05) is 10.4 Å². The van der Waals surface area contributed by atoms with Gasteiger partial charge in [-0.1, -0.05) is 24.3 Å². The summed E-state index contributed by atoms with van der Waals surface area (Å²) in [7, 11) is 0. The van der Waals surface area contributed by atoms with E-state index in [-0.39, 0.29) is 5.75 Å². The molecule has 72 valence electrons. The predicted molar refractivity (Wildman–Crippen MR) is 56.5 cm³/mol. The summed E-state index contributed by atoms with van der Waals surface area (Å²) >= 11 is 1.47. The number of aliphatic hydroxyl groups excluding tert-OH is 1. The average molecular weight is 206 g/mol. The van der Waals surface area contributed by atoms with Gasteiger partial charge >= 0.3 is 0 Å². The first kappa shape index (κ1) is 9.24. The molecule has 0 saturated carbocycles. The van der Waals surface area contributed by atoms with Crippen molar-refractivity contribution in [3.8, 4) is 5.75 Å². The summed E-state index contributed by atoms with van der Waals surface area (Å²) in [5.74, 6) is 0.133. The number of phenolic OH excluding ortho intramolecular Hbond substituents is 1. The van der Waals surface area contributed by atoms with Crippen LogP contribution in [0.3, 0.4) is 0 Å². The van der Waals surface area contributed by atoms with E-state index in [0.717, 1.165) is 4.88 Å². The quantitative estimate of drug-likeness (QED) is 0.792. The van der Waals surface area contributed by atoms with Crippen molar-refractivity contribution in [2.75, 3.05) is 0 Å². The minimum Gasteiger partial charge on any atom is -0.508 e. The molecular formula is C11H10O2S. The van der Waals surface area contributed by atoms with E-state index in [1.807, 2.05) is 17.5 Å². The highest BCUT2D eigenvalue weighted by molar-refractivity contribution is 7.10. The van der Waals surface area contributed by atoms with Crippen molar-refractivity contribution in [1.29, 1.82) is 0 Å². The minimum atomic E-state index is -0.726. The Kier molecular flexibility index (Phi) is 2.52. The Labute approximate surface area is 86.1 Å². The van der Waals surface area contributed by atoms with Gasteiger partial charge in [0.05, 0.1) is 0 Å². The van der Waals surface area contributed by atoms with Crippen LogP contribution >= 0.6 is 11.3 Å². The van der Waals surface area contributed by atoms with E-state index < -0.39 is 6.10 Å². The summed E-state index contributed by atoms with van der Waals surface area (Å²) in [6.07, 6.45) is -0.726. The van der Waals surface area contributed by atoms with Crippen LogP contribution in [0.15, 0.2) is 41.8 Å². The fourth-order valence-electron chi connectivity index (χ4n) is 1.32. The molecule has 1 unspecified atom stereocenters. The smallest absolute Gasteiger partial charge is 0.121 e. The number of phenols is 1. The maximum atomic E-state index is 9.91. The van der Waals surface area contributed by atoms with E-state index in [0.29, 0.717) is 5.56 Å². The van der Waals surface area contributed by atoms with Crippen LogP contribution in [0, 0.1) is 0 Å². The van der Waals surface area contributed by atoms with Crippen molar-refractivity contribution < 1.29 is 10.2 Å². The van der Waals surface area contributed by atoms with Crippen LogP contribution in [-0.2, 0) is 0 Å². The molecule has 0 aliphatic carbocycles. The largest absolute Gasteiger partial charge is 0.508 e. The minimum absolute atomic E-state index is 0.133. The SMILES string of the molecule is Oc1ccccc1C(O)c1cccs1. The number of thiophene rings is 1. The Balaban J connectivity index is 2.37. The number of aliphatic hydroxyl groups is 1. The number of rotatable bonds is 2. The number of para-hydroxylation sites is 1. The highest BCUT2D eigenvalue weighted by atomic mass is 32.1. The number of hydrogen-bond donors (Lipinski definition) is 2. The highest BCUT2D eigenvalue weighted by Gasteiger charge is 2.14. The summed E-state index contributed by atoms with van der Waals surface area (Å²) in [4.78, 5) is 0.839. The molecule has 2 N–H and O–H groups in total. The predicted octanol–water partition coefficient (Wildman–Crippen LogP) is 2.54. The molecule has 14 heavy (non-hydrogen) atoms. The third kappa shape index (κ3) is 1.64. The molecular weight excluding hydrogens is 196 g/mol. The van der Waals surface area contributed by atoms with Gasteiger partial charge in [-0.3, -0.25) is 0 Å². The van der Waals surface area contributed by atoms with Gasteiger partial charge < -0.3 is 10.2 Å². The lowest BCUT2D eigenvalue weighted by molar-refractivity contribution is 0.219. The lowest BCUT2D eigenvalue weighted by Crippen LogP contribution is -1.96. The lowest BCUT2D eigenvalue weighted by Gasteiger charge is -2.10. The third-order valence-corrected chi connectivity index (χ3v) is 2.97. The van der Waals surface area contributed by atoms with Crippen LogP contribution < -0.4 is 0 Å². The van der Waals surface area contributed by atoms with Crippen molar-refractivity contribution >= 4 is 11.3 Å². The Morgan fingerprint density at radius 2 is 1.86 bits per heavy atom. The first-order chi connectivity index (χ1) is 6.79. The van der Waals surface area contributed by atoms with Crippen molar-refractivity contribution in [2.45, 2.75) is 6.10 Å². The van der Waals surface area contributed by atoms with Gasteiger partial charge in [0.2, 0.25) is 0 Å². The second kappa shape index (κ2) is 3.82. The molecule has 0 fully saturated rings. The summed E-state index contributed by atoms with van der Waals surface area (Å²) < 4.78 is 0. The summed E-state index contributed by atoms with van der Waals surface area (Å²) in [6.45, 7) is 0. The summed E-state index contributed by atoms with van der Waals surface area (Å²) in [5.41, 5.74) is 0.551. The molecule has 1 atom stereocenters. The van der Waals surface area contributed by atoms with Crippen LogP contribution in [0.5, 0.6) is 5.75 Å². The highest BCUT2D eigenvalue weighted by Crippen LogP contribution is 2.30. The molecule has 0 spiro atoms. The number of hydrogen-bond acceptors (Lipinski definition) is 3. The van der Waals surface area contributed by atoms with Crippen LogP contribution in [0.1, 0.15) is 16.5 Å². The Hall–Kier alpha value is -1.32. The average Bonchev–Trinajstić information content (AvgIpc) is 2.70. The topological polar surface area (TPSA) is 40.5 Å². The molecule has 0 aliphatic rings. The Bertz CT molecular complexity index is 409. The van der Waals surface area contributed by atoms with Gasteiger partial charge in [-0.2, -0.15) is 0 Å². The fraction of sp³-hybridized carbons (Fsp3) is 0.0909. The molecule has 1 aromatic carbocycles. The maximum Gasteiger partial charge on any atom is 0.121 e. The van der Waals surface area contributed by atoms with E-state index in [2.05, 4.69) is 0 Å². The zero-order valence-corrected chi connectivity index (χ0v) is 8.24. The number of benzene rings is 1. The van der Waals surface area contributed by atoms with E-state index in [4.69, 9.17) is 0 Å². The van der Waals surface area contributed by atoms with Crippen LogP contribution in [-0.4, -0.2) is 10.2 Å². The van der Waals surface area contributed by atoms with Gasteiger partial charge in [0.25, 0.3) is 0 Å². The van der Waals surface area contributed by atoms with E-state index >= 15 is 0 Å². The van der Waals surface area contributed by atoms with Crippen molar-refractivity contribution in [3.05, 3.63) is 52.2 Å². The van der Waals surface area contributed by atoms with Gasteiger partial charge in [0.1, 0.15) is 11.9 Å². The van der Waals surface area contributed by atoms with Gasteiger partial charge in [-0.15, -0.1) is 11.3 Å². The molecule has 0 radical (unpaired) electrons. The van der Waals surface area contributed by atoms with E-state index in [1.165, 1.54) is 11.3 Å². The van der Waals surface area contributed by atoms with Crippen molar-refractivity contribution in [2.24, 2.45) is 0 Å². The molecule has 0 aliphatic heterocycles. The Morgan fingerprint density at radius 1 is 1.07 bits per heavy atom. The van der Waals surface area contributed by atoms with Gasteiger partial charge in [-0.25, -0.2) is 0 Å². The van der Waals surface area contributed by atoms with Gasteiger partial charge in [-0.05, 0) is 17.5 Å². The molecule has 2 aromatic rings.